The third-order valence-corrected chi connectivity index (χ3v) is 5.85. The molecule has 1 aromatic carbocycles. The molecule has 0 spiro atoms. The van der Waals surface area contributed by atoms with Gasteiger partial charge in [-0.2, -0.15) is 0 Å². The Morgan fingerprint density at radius 2 is 1.41 bits per heavy atom. The van der Waals surface area contributed by atoms with Gasteiger partial charge in [0.2, 0.25) is 0 Å². The normalized spacial score (nSPS) is 26.6. The summed E-state index contributed by atoms with van der Waals surface area (Å²) in [6.45, 7) is 12.0. The van der Waals surface area contributed by atoms with Gasteiger partial charge in [0.1, 0.15) is 24.4 Å². The molecule has 0 saturated carbocycles. The number of hydrogen-bond acceptors (Lipinski definition) is 11. The molecule has 0 aromatic heterocycles. The standard InChI is InChI=1S/C25H31BO11/c1-13-25(6,7)37-26(36-13)19-10-8-18(9-11-19)21-23(33-16(4)29)24(34-17(5)30)22(32-15(3)28)20(35-21)12-31-14(2)27/h8-11,20-24H,1,12H2,2-7H3. The Labute approximate surface area is 215 Å². The monoisotopic (exact) mass is 518 g/mol. The van der Waals surface area contributed by atoms with Crippen molar-refractivity contribution in [2.75, 3.05) is 6.61 Å². The third-order valence-electron chi connectivity index (χ3n) is 5.85. The molecule has 5 atom stereocenters. The number of ether oxygens (including phenoxy) is 5. The van der Waals surface area contributed by atoms with Crippen LogP contribution in [0, 0.1) is 0 Å². The van der Waals surface area contributed by atoms with E-state index in [1.165, 1.54) is 27.7 Å². The van der Waals surface area contributed by atoms with E-state index in [4.69, 9.17) is 33.0 Å². The zero-order chi connectivity index (χ0) is 27.5. The lowest BCUT2D eigenvalue weighted by Crippen LogP contribution is -2.59. The van der Waals surface area contributed by atoms with E-state index in [0.717, 1.165) is 0 Å². The smallest absolute Gasteiger partial charge is 0.534 e. The molecule has 0 radical (unpaired) electrons. The van der Waals surface area contributed by atoms with Gasteiger partial charge in [0.25, 0.3) is 0 Å². The second kappa shape index (κ2) is 11.3. The summed E-state index contributed by atoms with van der Waals surface area (Å²) in [6.07, 6.45) is -5.63. The maximum atomic E-state index is 12.0. The second-order valence-electron chi connectivity index (χ2n) is 9.29. The van der Waals surface area contributed by atoms with Crippen LogP contribution in [0.15, 0.2) is 36.6 Å². The van der Waals surface area contributed by atoms with Crippen LogP contribution in [0.25, 0.3) is 0 Å². The van der Waals surface area contributed by atoms with Crippen LogP contribution in [0.2, 0.25) is 0 Å². The van der Waals surface area contributed by atoms with Crippen molar-refractivity contribution >= 4 is 36.5 Å². The van der Waals surface area contributed by atoms with Crippen molar-refractivity contribution in [1.29, 1.82) is 0 Å². The average molecular weight is 518 g/mol. The topological polar surface area (TPSA) is 133 Å². The summed E-state index contributed by atoms with van der Waals surface area (Å²) in [4.78, 5) is 47.4. The van der Waals surface area contributed by atoms with Crippen molar-refractivity contribution in [3.8, 4) is 0 Å². The number of esters is 4. The maximum Gasteiger partial charge on any atom is 0.563 e. The Hall–Kier alpha value is -3.38. The lowest BCUT2D eigenvalue weighted by Gasteiger charge is -2.44. The van der Waals surface area contributed by atoms with E-state index in [-0.39, 0.29) is 6.61 Å². The molecule has 0 N–H and O–H groups in total. The molecule has 12 heteroatoms. The SMILES string of the molecule is C=C1OB(c2ccc(C3OC(COC(C)=O)C(OC(C)=O)C(OC(C)=O)C3OC(C)=O)cc2)OC1(C)C. The molecule has 2 aliphatic rings. The highest BCUT2D eigenvalue weighted by atomic mass is 16.7. The van der Waals surface area contributed by atoms with Crippen LogP contribution in [0.1, 0.15) is 53.2 Å². The lowest BCUT2D eigenvalue weighted by molar-refractivity contribution is -0.254. The molecule has 5 unspecified atom stereocenters. The highest BCUT2D eigenvalue weighted by Crippen LogP contribution is 2.38. The van der Waals surface area contributed by atoms with Crippen molar-refractivity contribution in [1.82, 2.24) is 0 Å². The Morgan fingerprint density at radius 1 is 0.865 bits per heavy atom. The summed E-state index contributed by atoms with van der Waals surface area (Å²) in [5.41, 5.74) is 0.613. The number of carbonyl (C=O) groups is 4. The van der Waals surface area contributed by atoms with Crippen molar-refractivity contribution < 1.29 is 52.2 Å². The van der Waals surface area contributed by atoms with E-state index in [9.17, 15) is 19.2 Å². The Balaban J connectivity index is 1.98. The summed E-state index contributed by atoms with van der Waals surface area (Å²) in [5.74, 6) is -2.13. The Bertz CT molecular complexity index is 1050. The minimum Gasteiger partial charge on any atom is -0.534 e. The first-order chi connectivity index (χ1) is 17.3. The predicted octanol–water partition coefficient (Wildman–Crippen LogP) is 1.52. The van der Waals surface area contributed by atoms with Crippen LogP contribution in [-0.4, -0.2) is 67.6 Å². The van der Waals surface area contributed by atoms with Crippen molar-refractivity contribution in [3.05, 3.63) is 42.2 Å². The van der Waals surface area contributed by atoms with Crippen LogP contribution >= 0.6 is 0 Å². The van der Waals surface area contributed by atoms with Gasteiger partial charge in [-0.25, -0.2) is 0 Å². The molecule has 37 heavy (non-hydrogen) atoms. The zero-order valence-corrected chi connectivity index (χ0v) is 21.7. The van der Waals surface area contributed by atoms with E-state index in [0.29, 0.717) is 16.8 Å². The van der Waals surface area contributed by atoms with Gasteiger partial charge in [-0.3, -0.25) is 19.2 Å². The van der Waals surface area contributed by atoms with Gasteiger partial charge >= 0.3 is 31.0 Å². The van der Waals surface area contributed by atoms with Crippen LogP contribution < -0.4 is 5.46 Å². The first-order valence-electron chi connectivity index (χ1n) is 11.7. The minimum absolute atomic E-state index is 0.298. The molecule has 1 aromatic rings. The molecule has 2 aliphatic heterocycles. The van der Waals surface area contributed by atoms with E-state index >= 15 is 0 Å². The predicted molar refractivity (Wildman–Crippen MR) is 128 cm³/mol. The van der Waals surface area contributed by atoms with E-state index in [1.54, 1.807) is 24.3 Å². The van der Waals surface area contributed by atoms with E-state index in [1.807, 2.05) is 13.8 Å². The van der Waals surface area contributed by atoms with Crippen LogP contribution in [0.4, 0.5) is 0 Å². The zero-order valence-electron chi connectivity index (χ0n) is 21.7. The fraction of sp³-hybridized carbons (Fsp3) is 0.520. The lowest BCUT2D eigenvalue weighted by atomic mass is 9.78. The fourth-order valence-corrected chi connectivity index (χ4v) is 4.10. The summed E-state index contributed by atoms with van der Waals surface area (Å²) in [7, 11) is -0.660. The second-order valence-corrected chi connectivity index (χ2v) is 9.29. The van der Waals surface area contributed by atoms with Crippen LogP contribution in [0.3, 0.4) is 0 Å². The van der Waals surface area contributed by atoms with Gasteiger partial charge in [-0.05, 0) is 24.9 Å². The van der Waals surface area contributed by atoms with Crippen molar-refractivity contribution in [3.63, 3.8) is 0 Å². The molecule has 11 nitrogen and oxygen atoms in total. The Morgan fingerprint density at radius 3 is 1.89 bits per heavy atom. The van der Waals surface area contributed by atoms with Crippen molar-refractivity contribution in [2.45, 2.75) is 77.7 Å². The largest absolute Gasteiger partial charge is 0.563 e. The van der Waals surface area contributed by atoms with E-state index in [2.05, 4.69) is 6.58 Å². The highest BCUT2D eigenvalue weighted by molar-refractivity contribution is 6.62. The van der Waals surface area contributed by atoms with Crippen molar-refractivity contribution in [2.24, 2.45) is 0 Å². The summed E-state index contributed by atoms with van der Waals surface area (Å²) >= 11 is 0. The van der Waals surface area contributed by atoms with Gasteiger partial charge < -0.3 is 33.0 Å². The molecular weight excluding hydrogens is 487 g/mol. The molecular formula is C25H31BO11. The van der Waals surface area contributed by atoms with Crippen LogP contribution in [0.5, 0.6) is 0 Å². The highest BCUT2D eigenvalue weighted by Gasteiger charge is 2.52. The molecule has 200 valence electrons. The Kier molecular flexibility index (Phi) is 8.65. The first kappa shape index (κ1) is 28.2. The molecule has 2 saturated heterocycles. The summed E-state index contributed by atoms with van der Waals surface area (Å²) in [6, 6.07) is 6.94. The number of benzene rings is 1. The average Bonchev–Trinajstić information content (AvgIpc) is 3.06. The number of hydrogen-bond donors (Lipinski definition) is 0. The third kappa shape index (κ3) is 6.89. The van der Waals surface area contributed by atoms with Gasteiger partial charge in [0, 0.05) is 27.7 Å². The number of carbonyl (C=O) groups excluding carboxylic acids is 4. The van der Waals surface area contributed by atoms with Crippen LogP contribution in [-0.2, 0) is 52.2 Å². The quantitative estimate of drug-likeness (QED) is 0.296. The molecule has 0 aliphatic carbocycles. The van der Waals surface area contributed by atoms with Gasteiger partial charge in [0.05, 0.1) is 5.76 Å². The number of rotatable bonds is 7. The molecule has 0 amide bonds. The minimum atomic E-state index is -1.24. The molecule has 2 heterocycles. The molecule has 3 rings (SSSR count). The first-order valence-corrected chi connectivity index (χ1v) is 11.7. The fourth-order valence-electron chi connectivity index (χ4n) is 4.10. The van der Waals surface area contributed by atoms with Gasteiger partial charge in [-0.15, -0.1) is 0 Å². The van der Waals surface area contributed by atoms with Gasteiger partial charge in [-0.1, -0.05) is 30.8 Å². The summed E-state index contributed by atoms with van der Waals surface area (Å²) < 4.78 is 39.3. The van der Waals surface area contributed by atoms with E-state index < -0.39 is 67.1 Å². The van der Waals surface area contributed by atoms with Gasteiger partial charge in [0.15, 0.2) is 18.3 Å². The molecule has 0 bridgehead atoms. The molecule has 2 fully saturated rings. The summed E-state index contributed by atoms with van der Waals surface area (Å²) in [5, 5.41) is 0. The maximum absolute atomic E-state index is 12.0.